The number of alkyl halides is 3. The molecule has 1 aliphatic heterocycles. The monoisotopic (exact) mass is 289 g/mol. The maximum absolute atomic E-state index is 12.6. The van der Waals surface area contributed by atoms with Crippen LogP contribution >= 0.6 is 0 Å². The van der Waals surface area contributed by atoms with E-state index in [1.165, 1.54) is 0 Å². The Morgan fingerprint density at radius 2 is 2.25 bits per heavy atom. The van der Waals surface area contributed by atoms with Gasteiger partial charge in [-0.3, -0.25) is 0 Å². The maximum atomic E-state index is 12.6. The van der Waals surface area contributed by atoms with Crippen LogP contribution in [0, 0.1) is 0 Å². The molecule has 0 saturated carbocycles. The Morgan fingerprint density at radius 1 is 1.50 bits per heavy atom. The summed E-state index contributed by atoms with van der Waals surface area (Å²) in [5.41, 5.74) is 4.43. The molecule has 2 heterocycles. The summed E-state index contributed by atoms with van der Waals surface area (Å²) >= 11 is 0. The van der Waals surface area contributed by atoms with Crippen LogP contribution in [0.15, 0.2) is 17.3 Å². The van der Waals surface area contributed by atoms with Crippen molar-refractivity contribution in [1.82, 2.24) is 9.97 Å². The van der Waals surface area contributed by atoms with Crippen molar-refractivity contribution in [2.75, 3.05) is 24.6 Å². The van der Waals surface area contributed by atoms with Crippen LogP contribution in [-0.2, 0) is 10.9 Å². The second kappa shape index (κ2) is 5.51. The molecule has 0 fully saturated rings. The van der Waals surface area contributed by atoms with E-state index in [4.69, 9.17) is 10.5 Å². The Bertz CT molecular complexity index is 505. The van der Waals surface area contributed by atoms with Crippen LogP contribution < -0.4 is 10.6 Å². The predicted octanol–water partition coefficient (Wildman–Crippen LogP) is 1.04. The molecule has 1 aromatic rings. The second-order valence-electron chi connectivity index (χ2n) is 4.21. The van der Waals surface area contributed by atoms with Crippen molar-refractivity contribution >= 4 is 12.0 Å². The van der Waals surface area contributed by atoms with Gasteiger partial charge in [-0.1, -0.05) is 0 Å². The van der Waals surface area contributed by atoms with Crippen LogP contribution in [0.1, 0.15) is 12.6 Å². The minimum atomic E-state index is -4.49. The standard InChI is InChI=1S/C11H14F3N5O/c1-2-19(5-7-6-20-9(15)17-7)10-16-4-3-8(18-10)11(12,13)14/h3-4,7H,2,5-6H2,1H3,(H2,15,17). The minimum absolute atomic E-state index is 0.0167. The Labute approximate surface area is 113 Å². The molecule has 1 atom stereocenters. The van der Waals surface area contributed by atoms with Crippen molar-refractivity contribution in [2.45, 2.75) is 19.1 Å². The molecule has 1 aliphatic rings. The lowest BCUT2D eigenvalue weighted by molar-refractivity contribution is -0.141. The van der Waals surface area contributed by atoms with Gasteiger partial charge in [-0.15, -0.1) is 0 Å². The molecule has 0 amide bonds. The first-order valence-corrected chi connectivity index (χ1v) is 6.01. The summed E-state index contributed by atoms with van der Waals surface area (Å²) in [5, 5.41) is 0. The van der Waals surface area contributed by atoms with Gasteiger partial charge in [-0.2, -0.15) is 13.2 Å². The summed E-state index contributed by atoms with van der Waals surface area (Å²) < 4.78 is 42.9. The molecule has 0 radical (unpaired) electrons. The van der Waals surface area contributed by atoms with Crippen LogP contribution in [-0.4, -0.2) is 41.7 Å². The SMILES string of the molecule is CCN(CC1COC(N)=N1)c1nccc(C(F)(F)F)n1. The third kappa shape index (κ3) is 3.28. The molecule has 0 aromatic carbocycles. The molecule has 1 unspecified atom stereocenters. The third-order valence-corrected chi connectivity index (χ3v) is 2.76. The fourth-order valence-electron chi connectivity index (χ4n) is 1.79. The van der Waals surface area contributed by atoms with Crippen LogP contribution in [0.3, 0.4) is 0 Å². The Morgan fingerprint density at radius 3 is 2.80 bits per heavy atom. The Kier molecular flexibility index (Phi) is 3.96. The van der Waals surface area contributed by atoms with Gasteiger partial charge in [0.1, 0.15) is 18.3 Å². The van der Waals surface area contributed by atoms with E-state index < -0.39 is 11.9 Å². The van der Waals surface area contributed by atoms with Gasteiger partial charge >= 0.3 is 6.18 Å². The first-order valence-electron chi connectivity index (χ1n) is 6.01. The lowest BCUT2D eigenvalue weighted by Gasteiger charge is -2.22. The number of nitrogens with two attached hydrogens (primary N) is 1. The Balaban J connectivity index is 2.15. The molecule has 0 spiro atoms. The van der Waals surface area contributed by atoms with Crippen LogP contribution in [0.25, 0.3) is 0 Å². The van der Waals surface area contributed by atoms with Crippen LogP contribution in [0.4, 0.5) is 19.1 Å². The van der Waals surface area contributed by atoms with Crippen molar-refractivity contribution in [3.8, 4) is 0 Å². The molecule has 2 N–H and O–H groups in total. The van der Waals surface area contributed by atoms with Gasteiger partial charge in [-0.25, -0.2) is 15.0 Å². The number of likely N-dealkylation sites (N-methyl/N-ethyl adjacent to an activating group) is 1. The molecule has 20 heavy (non-hydrogen) atoms. The summed E-state index contributed by atoms with van der Waals surface area (Å²) in [7, 11) is 0. The number of rotatable bonds is 4. The number of halogens is 3. The van der Waals surface area contributed by atoms with Crippen molar-refractivity contribution in [3.05, 3.63) is 18.0 Å². The molecule has 0 bridgehead atoms. The first-order chi connectivity index (χ1) is 9.40. The quantitative estimate of drug-likeness (QED) is 0.896. The van der Waals surface area contributed by atoms with E-state index >= 15 is 0 Å². The normalized spacial score (nSPS) is 18.6. The van der Waals surface area contributed by atoms with E-state index in [9.17, 15) is 13.2 Å². The fraction of sp³-hybridized carbons (Fsp3) is 0.545. The highest BCUT2D eigenvalue weighted by atomic mass is 19.4. The smallest absolute Gasteiger partial charge is 0.433 e. The summed E-state index contributed by atoms with van der Waals surface area (Å²) in [6, 6.07) is 0.704. The number of aliphatic imine (C=N–C) groups is 1. The molecule has 0 aliphatic carbocycles. The molecule has 9 heteroatoms. The molecule has 1 aromatic heterocycles. The van der Waals surface area contributed by atoms with Crippen molar-refractivity contribution in [3.63, 3.8) is 0 Å². The highest BCUT2D eigenvalue weighted by Crippen LogP contribution is 2.28. The lowest BCUT2D eigenvalue weighted by Crippen LogP contribution is -2.34. The zero-order valence-electron chi connectivity index (χ0n) is 10.8. The molecule has 110 valence electrons. The van der Waals surface area contributed by atoms with E-state index in [-0.39, 0.29) is 18.0 Å². The molecule has 6 nitrogen and oxygen atoms in total. The summed E-state index contributed by atoms with van der Waals surface area (Å²) in [6.45, 7) is 2.90. The molecular formula is C11H14F3N5O. The number of anilines is 1. The van der Waals surface area contributed by atoms with E-state index in [1.54, 1.807) is 11.8 Å². The number of hydrogen-bond acceptors (Lipinski definition) is 6. The third-order valence-electron chi connectivity index (χ3n) is 2.76. The topological polar surface area (TPSA) is 76.6 Å². The second-order valence-corrected chi connectivity index (χ2v) is 4.21. The summed E-state index contributed by atoms with van der Waals surface area (Å²) in [6.07, 6.45) is -3.40. The van der Waals surface area contributed by atoms with Crippen molar-refractivity contribution in [1.29, 1.82) is 0 Å². The Hall–Kier alpha value is -2.06. The number of nitrogens with zero attached hydrogens (tertiary/aromatic N) is 4. The van der Waals surface area contributed by atoms with E-state index in [0.29, 0.717) is 19.7 Å². The van der Waals surface area contributed by atoms with Crippen LogP contribution in [0.5, 0.6) is 0 Å². The molecule has 2 rings (SSSR count). The molecule has 0 saturated heterocycles. The predicted molar refractivity (Wildman–Crippen MR) is 66.3 cm³/mol. The average molecular weight is 289 g/mol. The zero-order valence-corrected chi connectivity index (χ0v) is 10.8. The number of amidine groups is 1. The number of hydrogen-bond donors (Lipinski definition) is 1. The lowest BCUT2D eigenvalue weighted by atomic mass is 10.3. The van der Waals surface area contributed by atoms with Gasteiger partial charge < -0.3 is 15.4 Å². The summed E-state index contributed by atoms with van der Waals surface area (Å²) in [4.78, 5) is 13.1. The van der Waals surface area contributed by atoms with Gasteiger partial charge in [-0.05, 0) is 13.0 Å². The number of aromatic nitrogens is 2. The first kappa shape index (κ1) is 14.4. The van der Waals surface area contributed by atoms with Crippen LogP contribution in [0.2, 0.25) is 0 Å². The van der Waals surface area contributed by atoms with Gasteiger partial charge in [0.15, 0.2) is 0 Å². The van der Waals surface area contributed by atoms with Gasteiger partial charge in [0, 0.05) is 19.3 Å². The van der Waals surface area contributed by atoms with E-state index in [2.05, 4.69) is 15.0 Å². The maximum Gasteiger partial charge on any atom is 0.433 e. The van der Waals surface area contributed by atoms with Gasteiger partial charge in [0.25, 0.3) is 6.02 Å². The van der Waals surface area contributed by atoms with Gasteiger partial charge in [0.2, 0.25) is 5.95 Å². The van der Waals surface area contributed by atoms with Crippen molar-refractivity contribution in [2.24, 2.45) is 10.7 Å². The molecular weight excluding hydrogens is 275 g/mol. The van der Waals surface area contributed by atoms with E-state index in [1.807, 2.05) is 0 Å². The number of ether oxygens (including phenoxy) is 1. The van der Waals surface area contributed by atoms with Crippen molar-refractivity contribution < 1.29 is 17.9 Å². The highest BCUT2D eigenvalue weighted by Gasteiger charge is 2.33. The summed E-state index contributed by atoms with van der Waals surface area (Å²) in [5.74, 6) is 0.0167. The highest BCUT2D eigenvalue weighted by molar-refractivity contribution is 5.73. The largest absolute Gasteiger partial charge is 0.463 e. The fourth-order valence-corrected chi connectivity index (χ4v) is 1.79. The zero-order chi connectivity index (χ0) is 14.8. The minimum Gasteiger partial charge on any atom is -0.463 e. The average Bonchev–Trinajstić information content (AvgIpc) is 2.81. The van der Waals surface area contributed by atoms with Gasteiger partial charge in [0.05, 0.1) is 0 Å². The van der Waals surface area contributed by atoms with E-state index in [0.717, 1.165) is 12.3 Å².